The maximum Gasteiger partial charge on any atom is 0.163 e. The van der Waals surface area contributed by atoms with Gasteiger partial charge in [0.25, 0.3) is 0 Å². The number of carbonyl (C=O) groups excluding carboxylic acids is 2. The van der Waals surface area contributed by atoms with E-state index in [-0.39, 0.29) is 24.6 Å². The molecule has 2 saturated heterocycles. The highest BCUT2D eigenvalue weighted by molar-refractivity contribution is 5.78. The highest BCUT2D eigenvalue weighted by Crippen LogP contribution is 2.24. The predicted octanol–water partition coefficient (Wildman–Crippen LogP) is 3.98. The van der Waals surface area contributed by atoms with Crippen molar-refractivity contribution in [2.45, 2.75) is 65.3 Å². The molecule has 0 bridgehead atoms. The molecule has 2 aliphatic rings. The second-order valence-electron chi connectivity index (χ2n) is 9.69. The molecule has 2 fully saturated rings. The number of aliphatic hydroxyl groups excluding tert-OH is 1. The summed E-state index contributed by atoms with van der Waals surface area (Å²) in [6.45, 7) is 12.6. The van der Waals surface area contributed by atoms with Crippen molar-refractivity contribution in [2.75, 3.05) is 26.4 Å². The summed E-state index contributed by atoms with van der Waals surface area (Å²) in [5.41, 5.74) is 3.02. The maximum atomic E-state index is 10.8. The zero-order valence-electron chi connectivity index (χ0n) is 22.4. The van der Waals surface area contributed by atoms with E-state index in [0.29, 0.717) is 36.7 Å². The summed E-state index contributed by atoms with van der Waals surface area (Å²) in [5, 5.41) is 17.5. The topological polar surface area (TPSA) is 121 Å². The second kappa shape index (κ2) is 13.6. The maximum absolute atomic E-state index is 10.8. The minimum Gasteiger partial charge on any atom is -0.508 e. The summed E-state index contributed by atoms with van der Waals surface area (Å²) in [6, 6.07) is 10.2. The van der Waals surface area contributed by atoms with Crippen molar-refractivity contribution in [3.63, 3.8) is 0 Å². The van der Waals surface area contributed by atoms with Crippen LogP contribution in [0.1, 0.15) is 59.5 Å². The molecular weight excluding hydrogens is 480 g/mol. The van der Waals surface area contributed by atoms with Gasteiger partial charge in [-0.1, -0.05) is 12.1 Å². The number of hydrogen-bond donors (Lipinski definition) is 2. The van der Waals surface area contributed by atoms with Crippen LogP contribution >= 0.6 is 0 Å². The van der Waals surface area contributed by atoms with E-state index in [1.165, 1.54) is 6.07 Å². The highest BCUT2D eigenvalue weighted by atomic mass is 16.8. The number of aliphatic hydroxyl groups is 1. The lowest BCUT2D eigenvalue weighted by molar-refractivity contribution is -0.142. The largest absolute Gasteiger partial charge is 0.508 e. The van der Waals surface area contributed by atoms with E-state index in [1.54, 1.807) is 18.2 Å². The fourth-order valence-electron chi connectivity index (χ4n) is 3.48. The molecule has 0 aromatic heterocycles. The Labute approximate surface area is 218 Å². The Morgan fingerprint density at radius 3 is 1.81 bits per heavy atom. The van der Waals surface area contributed by atoms with Crippen LogP contribution in [0.3, 0.4) is 0 Å². The molecule has 0 amide bonds. The van der Waals surface area contributed by atoms with Crippen molar-refractivity contribution in [3.05, 3.63) is 58.7 Å². The molecule has 2 heterocycles. The molecule has 0 aliphatic carbocycles. The molecule has 0 spiro atoms. The number of benzene rings is 2. The van der Waals surface area contributed by atoms with Gasteiger partial charge < -0.3 is 33.9 Å². The first-order chi connectivity index (χ1) is 17.4. The number of aromatic hydroxyl groups is 1. The van der Waals surface area contributed by atoms with Gasteiger partial charge in [-0.15, -0.1) is 0 Å². The number of aldehydes is 2. The number of ether oxygens (including phenoxy) is 5. The molecule has 2 aromatic rings. The number of phenolic OH excluding ortho intramolecular Hbond substituents is 1. The van der Waals surface area contributed by atoms with E-state index in [0.717, 1.165) is 23.7 Å². The van der Waals surface area contributed by atoms with Gasteiger partial charge in [0.15, 0.2) is 11.6 Å². The SMILES string of the molecule is CC1(C)OC[C@H](CO)O1.Cc1ccc(O)cc1C=O.Cc1ccc(OC[C@H]2COC(C)(C)O2)cc1C=O. The molecule has 37 heavy (non-hydrogen) atoms. The Hall–Kier alpha value is -2.82. The molecule has 0 radical (unpaired) electrons. The fourth-order valence-corrected chi connectivity index (χ4v) is 3.48. The zero-order valence-corrected chi connectivity index (χ0v) is 22.4. The normalized spacial score (nSPS) is 21.2. The van der Waals surface area contributed by atoms with Crippen molar-refractivity contribution in [1.29, 1.82) is 0 Å². The molecule has 0 unspecified atom stereocenters. The van der Waals surface area contributed by atoms with E-state index in [2.05, 4.69) is 0 Å². The van der Waals surface area contributed by atoms with E-state index in [1.807, 2.05) is 53.7 Å². The Morgan fingerprint density at radius 2 is 1.38 bits per heavy atom. The van der Waals surface area contributed by atoms with Crippen molar-refractivity contribution < 1.29 is 43.5 Å². The summed E-state index contributed by atoms with van der Waals surface area (Å²) < 4.78 is 27.1. The van der Waals surface area contributed by atoms with Gasteiger partial charge in [0, 0.05) is 11.1 Å². The number of phenols is 1. The minimum absolute atomic E-state index is 0.0451. The lowest BCUT2D eigenvalue weighted by Crippen LogP contribution is -2.25. The average Bonchev–Trinajstić information content (AvgIpc) is 3.40. The van der Waals surface area contributed by atoms with Gasteiger partial charge in [-0.25, -0.2) is 0 Å². The third kappa shape index (κ3) is 10.2. The summed E-state index contributed by atoms with van der Waals surface area (Å²) in [6.07, 6.45) is 1.37. The Kier molecular flexibility index (Phi) is 11.2. The van der Waals surface area contributed by atoms with Gasteiger partial charge in [0.05, 0.1) is 19.8 Å². The molecule has 0 saturated carbocycles. The molecule has 2 aromatic carbocycles. The number of rotatable bonds is 6. The van der Waals surface area contributed by atoms with Crippen LogP contribution in [0.5, 0.6) is 11.5 Å². The van der Waals surface area contributed by atoms with E-state index < -0.39 is 11.6 Å². The third-order valence-electron chi connectivity index (χ3n) is 5.54. The quantitative estimate of drug-likeness (QED) is 0.547. The van der Waals surface area contributed by atoms with E-state index in [4.69, 9.17) is 33.9 Å². The van der Waals surface area contributed by atoms with Crippen LogP contribution in [0.15, 0.2) is 36.4 Å². The molecule has 204 valence electrons. The average molecular weight is 519 g/mol. The first kappa shape index (κ1) is 30.4. The van der Waals surface area contributed by atoms with Gasteiger partial charge in [-0.2, -0.15) is 0 Å². The van der Waals surface area contributed by atoms with Crippen LogP contribution in [0.25, 0.3) is 0 Å². The smallest absolute Gasteiger partial charge is 0.163 e. The van der Waals surface area contributed by atoms with Gasteiger partial charge in [-0.05, 0) is 76.9 Å². The molecule has 9 nitrogen and oxygen atoms in total. The number of hydrogen-bond acceptors (Lipinski definition) is 9. The van der Waals surface area contributed by atoms with Crippen LogP contribution in [-0.4, -0.2) is 73.0 Å². The van der Waals surface area contributed by atoms with E-state index in [9.17, 15) is 9.59 Å². The first-order valence-corrected chi connectivity index (χ1v) is 12.1. The van der Waals surface area contributed by atoms with Crippen LogP contribution in [0.4, 0.5) is 0 Å². The van der Waals surface area contributed by atoms with Crippen LogP contribution in [0.2, 0.25) is 0 Å². The monoisotopic (exact) mass is 518 g/mol. The summed E-state index contributed by atoms with van der Waals surface area (Å²) in [7, 11) is 0. The van der Waals surface area contributed by atoms with Gasteiger partial charge >= 0.3 is 0 Å². The molecule has 2 atom stereocenters. The van der Waals surface area contributed by atoms with Crippen molar-refractivity contribution >= 4 is 12.6 Å². The molecule has 9 heteroatoms. The van der Waals surface area contributed by atoms with Crippen LogP contribution in [0, 0.1) is 13.8 Å². The lowest BCUT2D eigenvalue weighted by Gasteiger charge is -2.17. The van der Waals surface area contributed by atoms with Gasteiger partial charge in [0.2, 0.25) is 0 Å². The number of carbonyl (C=O) groups is 2. The predicted molar refractivity (Wildman–Crippen MR) is 137 cm³/mol. The second-order valence-corrected chi connectivity index (χ2v) is 9.69. The van der Waals surface area contributed by atoms with Gasteiger partial charge in [-0.3, -0.25) is 9.59 Å². The van der Waals surface area contributed by atoms with Crippen LogP contribution < -0.4 is 4.74 Å². The summed E-state index contributed by atoms with van der Waals surface area (Å²) in [4.78, 5) is 21.1. The van der Waals surface area contributed by atoms with E-state index >= 15 is 0 Å². The standard InChI is InChI=1S/C14H18O4.C8H8O2.C6H12O3/c1-10-4-5-12(6-11(10)7-15)16-8-13-9-17-14(2,3)18-13;1-6-2-3-8(10)4-7(6)5-9;1-6(2)8-4-5(3-7)9-6/h4-7,13H,8-9H2,1-3H3;2-5,10H,1H3;5,7H,3-4H2,1-2H3/t13-;;5-/m0.0/s1. The minimum atomic E-state index is -0.532. The van der Waals surface area contributed by atoms with Crippen molar-refractivity contribution in [3.8, 4) is 11.5 Å². The Morgan fingerprint density at radius 1 is 0.865 bits per heavy atom. The summed E-state index contributed by atoms with van der Waals surface area (Å²) >= 11 is 0. The molecule has 4 rings (SSSR count). The number of aryl methyl sites for hydroxylation is 2. The highest BCUT2D eigenvalue weighted by Gasteiger charge is 2.33. The molecular formula is C28H38O9. The Balaban J connectivity index is 0.000000214. The van der Waals surface area contributed by atoms with Crippen molar-refractivity contribution in [1.82, 2.24) is 0 Å². The first-order valence-electron chi connectivity index (χ1n) is 12.1. The van der Waals surface area contributed by atoms with Crippen LogP contribution in [-0.2, 0) is 18.9 Å². The fraction of sp³-hybridized carbons (Fsp3) is 0.500. The lowest BCUT2D eigenvalue weighted by atomic mass is 10.1. The third-order valence-corrected chi connectivity index (χ3v) is 5.54. The zero-order chi connectivity index (χ0) is 27.6. The van der Waals surface area contributed by atoms with Gasteiger partial charge in [0.1, 0.15) is 42.9 Å². The summed E-state index contributed by atoms with van der Waals surface area (Å²) in [5.74, 6) is -0.216. The van der Waals surface area contributed by atoms with Crippen molar-refractivity contribution in [2.24, 2.45) is 0 Å². The molecule has 2 aliphatic heterocycles. The molecule has 2 N–H and O–H groups in total. The Bertz CT molecular complexity index is 1030.